The summed E-state index contributed by atoms with van der Waals surface area (Å²) in [6.45, 7) is 2.33. The first-order valence-electron chi connectivity index (χ1n) is 8.20. The van der Waals surface area contributed by atoms with E-state index in [-0.39, 0.29) is 5.75 Å². The lowest BCUT2D eigenvalue weighted by molar-refractivity contribution is -0.941. The third kappa shape index (κ3) is 4.99. The molecule has 0 aliphatic rings. The summed E-state index contributed by atoms with van der Waals surface area (Å²) in [5.41, 5.74) is 3.27. The van der Waals surface area contributed by atoms with Gasteiger partial charge in [0.25, 0.3) is 0 Å². The quantitative estimate of drug-likeness (QED) is 0.654. The molecule has 0 aliphatic heterocycles. The van der Waals surface area contributed by atoms with Crippen molar-refractivity contribution in [1.82, 2.24) is 0 Å². The maximum Gasteiger partial charge on any atom is 0.143 e. The van der Waals surface area contributed by atoms with E-state index in [1.165, 1.54) is 16.0 Å². The van der Waals surface area contributed by atoms with Gasteiger partial charge in [-0.15, -0.1) is 0 Å². The monoisotopic (exact) mass is 372 g/mol. The third-order valence-corrected chi connectivity index (χ3v) is 4.65. The minimum Gasteiger partial charge on any atom is -0.506 e. The fourth-order valence-electron chi connectivity index (χ4n) is 2.98. The fraction of sp³-hybridized carbons (Fsp3) is 0.143. The van der Waals surface area contributed by atoms with Crippen LogP contribution in [0.25, 0.3) is 0 Å². The van der Waals surface area contributed by atoms with E-state index in [9.17, 15) is 5.11 Å². The van der Waals surface area contributed by atoms with Gasteiger partial charge in [-0.25, -0.2) is 0 Å². The molecule has 0 aliphatic carbocycles. The molecule has 0 amide bonds. The van der Waals surface area contributed by atoms with Crippen molar-refractivity contribution in [2.24, 2.45) is 0 Å². The molecule has 0 heterocycles. The summed E-state index contributed by atoms with van der Waals surface area (Å²) in [5, 5.41) is 11.1. The second-order valence-corrected chi connectivity index (χ2v) is 6.99. The molecule has 25 heavy (non-hydrogen) atoms. The lowest BCUT2D eigenvalue weighted by atomic mass is 10.1. The predicted molar refractivity (Wildman–Crippen MR) is 103 cm³/mol. The Labute approximate surface area is 158 Å². The molecule has 0 spiro atoms. The Hall–Kier alpha value is -2.00. The van der Waals surface area contributed by atoms with Crippen LogP contribution in [-0.4, -0.2) is 5.11 Å². The van der Waals surface area contributed by atoms with Crippen LogP contribution in [0.2, 0.25) is 10.0 Å². The highest BCUT2D eigenvalue weighted by atomic mass is 35.5. The zero-order chi connectivity index (χ0) is 17.6. The summed E-state index contributed by atoms with van der Waals surface area (Å²) in [4.78, 5) is 1.30. The molecule has 2 nitrogen and oxygen atoms in total. The number of phenols is 1. The summed E-state index contributed by atoms with van der Waals surface area (Å²) in [5.74, 6) is 0.115. The first-order valence-corrected chi connectivity index (χ1v) is 8.95. The number of quaternary nitrogens is 1. The summed E-state index contributed by atoms with van der Waals surface area (Å²) in [6, 6.07) is 24.1. The highest BCUT2D eigenvalue weighted by molar-refractivity contribution is 6.35. The first-order chi connectivity index (χ1) is 12.1. The van der Waals surface area contributed by atoms with Crippen LogP contribution >= 0.6 is 23.2 Å². The standard InChI is InChI=1S/C21H19Cl2NO/c22-19-11-18(21(25)20(23)12-19)15-24(13-16-7-3-1-4-8-16)14-17-9-5-2-6-10-17/h1-12,25H,13-15H2/p+1. The molecule has 3 aromatic rings. The third-order valence-electron chi connectivity index (χ3n) is 4.14. The van der Waals surface area contributed by atoms with Crippen molar-refractivity contribution in [3.63, 3.8) is 0 Å². The highest BCUT2D eigenvalue weighted by Crippen LogP contribution is 2.30. The van der Waals surface area contributed by atoms with Crippen molar-refractivity contribution >= 4 is 23.2 Å². The van der Waals surface area contributed by atoms with Crippen molar-refractivity contribution in [3.8, 4) is 5.75 Å². The smallest absolute Gasteiger partial charge is 0.143 e. The van der Waals surface area contributed by atoms with Gasteiger partial charge in [0.1, 0.15) is 25.4 Å². The molecule has 3 rings (SSSR count). The minimum atomic E-state index is 0.115. The van der Waals surface area contributed by atoms with Gasteiger partial charge in [-0.2, -0.15) is 0 Å². The van der Waals surface area contributed by atoms with Crippen molar-refractivity contribution < 1.29 is 10.0 Å². The number of aromatic hydroxyl groups is 1. The van der Waals surface area contributed by atoms with Crippen LogP contribution in [0.1, 0.15) is 16.7 Å². The number of benzene rings is 3. The molecule has 0 saturated heterocycles. The van der Waals surface area contributed by atoms with Crippen LogP contribution in [0.3, 0.4) is 0 Å². The Kier molecular flexibility index (Phi) is 5.98. The van der Waals surface area contributed by atoms with Crippen molar-refractivity contribution in [2.75, 3.05) is 0 Å². The molecule has 2 N–H and O–H groups in total. The fourth-order valence-corrected chi connectivity index (χ4v) is 3.52. The van der Waals surface area contributed by atoms with E-state index in [1.807, 2.05) is 36.4 Å². The van der Waals surface area contributed by atoms with Crippen molar-refractivity contribution in [1.29, 1.82) is 0 Å². The number of rotatable bonds is 6. The molecule has 0 bridgehead atoms. The SMILES string of the molecule is Oc1c(Cl)cc(Cl)cc1C[NH+](Cc1ccccc1)Cc1ccccc1. The number of halogens is 2. The summed E-state index contributed by atoms with van der Waals surface area (Å²) in [7, 11) is 0. The molecule has 0 aromatic heterocycles. The molecule has 0 radical (unpaired) electrons. The van der Waals surface area contributed by atoms with Crippen molar-refractivity contribution in [3.05, 3.63) is 99.5 Å². The first kappa shape index (κ1) is 17.8. The van der Waals surface area contributed by atoms with Gasteiger partial charge in [0.05, 0.1) is 10.6 Å². The minimum absolute atomic E-state index is 0.115. The van der Waals surface area contributed by atoms with E-state index in [2.05, 4.69) is 24.3 Å². The number of hydrogen-bond acceptors (Lipinski definition) is 1. The lowest BCUT2D eigenvalue weighted by Crippen LogP contribution is -3.08. The largest absolute Gasteiger partial charge is 0.506 e. The van der Waals surface area contributed by atoms with Crippen LogP contribution in [0.4, 0.5) is 0 Å². The maximum absolute atomic E-state index is 10.3. The van der Waals surface area contributed by atoms with E-state index in [1.54, 1.807) is 12.1 Å². The Morgan fingerprint density at radius 1 is 0.720 bits per heavy atom. The average molecular weight is 373 g/mol. The molecular formula is C21H20Cl2NO+. The van der Waals surface area contributed by atoms with Gasteiger partial charge in [-0.05, 0) is 12.1 Å². The molecule has 128 valence electrons. The normalized spacial score (nSPS) is 11.0. The summed E-state index contributed by atoms with van der Waals surface area (Å²) in [6.07, 6.45) is 0. The van der Waals surface area contributed by atoms with Gasteiger partial charge in [-0.3, -0.25) is 0 Å². The van der Waals surface area contributed by atoms with E-state index in [4.69, 9.17) is 23.2 Å². The second kappa shape index (κ2) is 8.39. The van der Waals surface area contributed by atoms with Gasteiger partial charge < -0.3 is 10.0 Å². The molecule has 4 heteroatoms. The van der Waals surface area contributed by atoms with Crippen LogP contribution in [-0.2, 0) is 19.6 Å². The molecule has 0 unspecified atom stereocenters. The molecule has 0 fully saturated rings. The highest BCUT2D eigenvalue weighted by Gasteiger charge is 2.16. The van der Waals surface area contributed by atoms with Gasteiger partial charge in [0.15, 0.2) is 0 Å². The Morgan fingerprint density at radius 3 is 1.76 bits per heavy atom. The Bertz CT molecular complexity index is 781. The van der Waals surface area contributed by atoms with E-state index >= 15 is 0 Å². The van der Waals surface area contributed by atoms with Gasteiger partial charge in [0.2, 0.25) is 0 Å². The molecule has 0 saturated carbocycles. The zero-order valence-corrected chi connectivity index (χ0v) is 15.3. The van der Waals surface area contributed by atoms with Crippen molar-refractivity contribution in [2.45, 2.75) is 19.6 Å². The van der Waals surface area contributed by atoms with Crippen LogP contribution < -0.4 is 4.90 Å². The maximum atomic E-state index is 10.3. The van der Waals surface area contributed by atoms with Crippen LogP contribution in [0.15, 0.2) is 72.8 Å². The van der Waals surface area contributed by atoms with Crippen LogP contribution in [0, 0.1) is 0 Å². The predicted octanol–water partition coefficient (Wildman–Crippen LogP) is 4.48. The van der Waals surface area contributed by atoms with Gasteiger partial charge >= 0.3 is 0 Å². The van der Waals surface area contributed by atoms with Crippen LogP contribution in [0.5, 0.6) is 5.75 Å². The number of phenolic OH excluding ortho intramolecular Hbond substituents is 1. The van der Waals surface area contributed by atoms with Gasteiger partial charge in [-0.1, -0.05) is 83.9 Å². The van der Waals surface area contributed by atoms with E-state index in [0.29, 0.717) is 16.6 Å². The van der Waals surface area contributed by atoms with E-state index < -0.39 is 0 Å². The second-order valence-electron chi connectivity index (χ2n) is 6.15. The Morgan fingerprint density at radius 2 is 1.24 bits per heavy atom. The topological polar surface area (TPSA) is 24.7 Å². The Balaban J connectivity index is 1.85. The summed E-state index contributed by atoms with van der Waals surface area (Å²) < 4.78 is 0. The lowest BCUT2D eigenvalue weighted by Gasteiger charge is -2.21. The average Bonchev–Trinajstić information content (AvgIpc) is 2.61. The van der Waals surface area contributed by atoms with E-state index in [0.717, 1.165) is 18.7 Å². The molecule has 3 aromatic carbocycles. The molecule has 0 atom stereocenters. The number of nitrogens with one attached hydrogen (secondary N) is 1. The zero-order valence-electron chi connectivity index (χ0n) is 13.8. The van der Waals surface area contributed by atoms with Gasteiger partial charge in [0, 0.05) is 16.1 Å². The summed E-state index contributed by atoms with van der Waals surface area (Å²) >= 11 is 12.2. The molecular weight excluding hydrogens is 353 g/mol. The number of hydrogen-bond donors (Lipinski definition) is 2.